The fraction of sp³-hybridized carbons (Fsp3) is 0.269. The monoisotopic (exact) mass is 407 g/mol. The summed E-state index contributed by atoms with van der Waals surface area (Å²) in [4.78, 5) is 13.2. The number of amides is 1. The molecule has 2 nitrogen and oxygen atoms in total. The first kappa shape index (κ1) is 21.7. The lowest BCUT2D eigenvalue weighted by atomic mass is 9.80. The number of anilines is 1. The maximum absolute atomic E-state index is 14.2. The number of carbonyl (C=O) groups excluding carboxylic acids is 1. The van der Waals surface area contributed by atoms with Crippen molar-refractivity contribution in [3.05, 3.63) is 100 Å². The van der Waals surface area contributed by atoms with Crippen LogP contribution in [0.2, 0.25) is 0 Å². The summed E-state index contributed by atoms with van der Waals surface area (Å²) in [6.07, 6.45) is 0.473. The summed E-state index contributed by atoms with van der Waals surface area (Å²) >= 11 is 0. The van der Waals surface area contributed by atoms with Gasteiger partial charge in [-0.15, -0.1) is 0 Å². The molecule has 0 unspecified atom stereocenters. The molecule has 2 atom stereocenters. The molecule has 0 aromatic heterocycles. The molecule has 0 aliphatic rings. The Labute approximate surface area is 177 Å². The Hall–Kier alpha value is -3.01. The third-order valence-corrected chi connectivity index (χ3v) is 5.50. The van der Waals surface area contributed by atoms with Crippen molar-refractivity contribution in [1.82, 2.24) is 0 Å². The van der Waals surface area contributed by atoms with E-state index in [1.165, 1.54) is 18.2 Å². The largest absolute Gasteiger partial charge is 0.325 e. The van der Waals surface area contributed by atoms with Crippen LogP contribution in [-0.2, 0) is 11.2 Å². The highest BCUT2D eigenvalue weighted by Crippen LogP contribution is 2.34. The number of halogens is 2. The third kappa shape index (κ3) is 4.76. The van der Waals surface area contributed by atoms with Crippen molar-refractivity contribution in [1.29, 1.82) is 0 Å². The first-order chi connectivity index (χ1) is 14.3. The van der Waals surface area contributed by atoms with Gasteiger partial charge in [-0.3, -0.25) is 4.79 Å². The normalized spacial score (nSPS) is 13.0. The summed E-state index contributed by atoms with van der Waals surface area (Å²) in [5.74, 6) is -1.73. The molecule has 0 fully saturated rings. The van der Waals surface area contributed by atoms with Crippen molar-refractivity contribution in [3.63, 3.8) is 0 Å². The quantitative estimate of drug-likeness (QED) is 0.493. The molecule has 0 aliphatic carbocycles. The number of benzene rings is 3. The predicted octanol–water partition coefficient (Wildman–Crippen LogP) is 6.55. The van der Waals surface area contributed by atoms with E-state index in [4.69, 9.17) is 0 Å². The highest BCUT2D eigenvalue weighted by molar-refractivity contribution is 5.94. The fourth-order valence-electron chi connectivity index (χ4n) is 3.92. The second kappa shape index (κ2) is 9.21. The van der Waals surface area contributed by atoms with E-state index in [0.29, 0.717) is 17.7 Å². The van der Waals surface area contributed by atoms with Crippen LogP contribution >= 0.6 is 0 Å². The van der Waals surface area contributed by atoms with Gasteiger partial charge in [0.15, 0.2) is 0 Å². The molecule has 4 heteroatoms. The zero-order chi connectivity index (χ0) is 21.8. The van der Waals surface area contributed by atoms with Crippen LogP contribution in [0.5, 0.6) is 0 Å². The highest BCUT2D eigenvalue weighted by Gasteiger charge is 2.28. The molecule has 156 valence electrons. The van der Waals surface area contributed by atoms with Crippen molar-refractivity contribution in [2.45, 2.75) is 40.0 Å². The molecular formula is C26H27F2NO. The minimum Gasteiger partial charge on any atom is -0.325 e. The van der Waals surface area contributed by atoms with Crippen LogP contribution < -0.4 is 5.32 Å². The van der Waals surface area contributed by atoms with Crippen molar-refractivity contribution < 1.29 is 13.6 Å². The van der Waals surface area contributed by atoms with E-state index in [1.807, 2.05) is 58.0 Å². The van der Waals surface area contributed by atoms with E-state index < -0.39 is 5.92 Å². The predicted molar refractivity (Wildman–Crippen MR) is 118 cm³/mol. The Bertz CT molecular complexity index is 1020. The standard InChI is InChI=1S/C26H27F2NO/c1-5-22-23(28)7-6-8-24(22)29-26(30)18(4)25(19-11-9-16(2)10-12-19)20-13-17(3)14-21(27)15-20/h6-15,18,25H,5H2,1-4H3,(H,29,30)/t18-,25-/m0/s1. The highest BCUT2D eigenvalue weighted by atomic mass is 19.1. The summed E-state index contributed by atoms with van der Waals surface area (Å²) in [6, 6.07) is 17.5. The van der Waals surface area contributed by atoms with Crippen LogP contribution in [0.3, 0.4) is 0 Å². The average molecular weight is 408 g/mol. The van der Waals surface area contributed by atoms with Gasteiger partial charge in [-0.25, -0.2) is 8.78 Å². The van der Waals surface area contributed by atoms with Crippen molar-refractivity contribution in [2.75, 3.05) is 5.32 Å². The van der Waals surface area contributed by atoms with Crippen LogP contribution in [0.15, 0.2) is 60.7 Å². The Kier molecular flexibility index (Phi) is 6.66. The van der Waals surface area contributed by atoms with Gasteiger partial charge in [-0.1, -0.05) is 55.8 Å². The number of carbonyl (C=O) groups is 1. The Balaban J connectivity index is 1.99. The van der Waals surface area contributed by atoms with Crippen molar-refractivity contribution >= 4 is 11.6 Å². The molecule has 1 amide bonds. The first-order valence-corrected chi connectivity index (χ1v) is 10.2. The molecule has 3 aromatic rings. The molecule has 3 aromatic carbocycles. The summed E-state index contributed by atoms with van der Waals surface area (Å²) < 4.78 is 28.3. The fourth-order valence-corrected chi connectivity index (χ4v) is 3.92. The Morgan fingerprint density at radius 2 is 1.63 bits per heavy atom. The third-order valence-electron chi connectivity index (χ3n) is 5.50. The molecular weight excluding hydrogens is 380 g/mol. The van der Waals surface area contributed by atoms with E-state index in [1.54, 1.807) is 12.1 Å². The number of aryl methyl sites for hydroxylation is 2. The topological polar surface area (TPSA) is 29.1 Å². The molecule has 3 rings (SSSR count). The summed E-state index contributed by atoms with van der Waals surface area (Å²) in [5.41, 5.74) is 4.54. The van der Waals surface area contributed by atoms with E-state index in [-0.39, 0.29) is 23.5 Å². The molecule has 1 N–H and O–H groups in total. The van der Waals surface area contributed by atoms with Gasteiger partial charge in [0.05, 0.1) is 0 Å². The summed E-state index contributed by atoms with van der Waals surface area (Å²) in [6.45, 7) is 7.51. The summed E-state index contributed by atoms with van der Waals surface area (Å²) in [5, 5.41) is 2.89. The molecule has 0 saturated heterocycles. The number of rotatable bonds is 6. The van der Waals surface area contributed by atoms with Gasteiger partial charge in [0, 0.05) is 23.1 Å². The molecule has 0 radical (unpaired) electrons. The van der Waals surface area contributed by atoms with Crippen molar-refractivity contribution in [2.24, 2.45) is 5.92 Å². The van der Waals surface area contributed by atoms with Crippen LogP contribution in [-0.4, -0.2) is 5.91 Å². The van der Waals surface area contributed by atoms with E-state index in [0.717, 1.165) is 22.3 Å². The van der Waals surface area contributed by atoms with Gasteiger partial charge in [-0.05, 0) is 61.2 Å². The van der Waals surface area contributed by atoms with Gasteiger partial charge in [0.1, 0.15) is 11.6 Å². The van der Waals surface area contributed by atoms with Gasteiger partial charge in [-0.2, -0.15) is 0 Å². The van der Waals surface area contributed by atoms with Gasteiger partial charge < -0.3 is 5.32 Å². The second-order valence-electron chi connectivity index (χ2n) is 7.85. The first-order valence-electron chi connectivity index (χ1n) is 10.2. The maximum Gasteiger partial charge on any atom is 0.228 e. The van der Waals surface area contributed by atoms with Crippen LogP contribution in [0, 0.1) is 31.4 Å². The van der Waals surface area contributed by atoms with E-state index in [9.17, 15) is 13.6 Å². The minimum atomic E-state index is -0.498. The number of hydrogen-bond donors (Lipinski definition) is 1. The molecule has 0 saturated carbocycles. The van der Waals surface area contributed by atoms with Crippen molar-refractivity contribution in [3.8, 4) is 0 Å². The Morgan fingerprint density at radius 1 is 0.933 bits per heavy atom. The zero-order valence-corrected chi connectivity index (χ0v) is 17.8. The molecule has 0 aliphatic heterocycles. The number of nitrogens with one attached hydrogen (secondary N) is 1. The summed E-state index contributed by atoms with van der Waals surface area (Å²) in [7, 11) is 0. The molecule has 0 bridgehead atoms. The average Bonchev–Trinajstić information content (AvgIpc) is 2.69. The molecule has 0 heterocycles. The Morgan fingerprint density at radius 3 is 2.27 bits per heavy atom. The lowest BCUT2D eigenvalue weighted by molar-refractivity contribution is -0.119. The van der Waals surface area contributed by atoms with Gasteiger partial charge in [0.2, 0.25) is 5.91 Å². The lowest BCUT2D eigenvalue weighted by Gasteiger charge is -2.25. The van der Waals surface area contributed by atoms with E-state index in [2.05, 4.69) is 5.32 Å². The minimum absolute atomic E-state index is 0.234. The van der Waals surface area contributed by atoms with Gasteiger partial charge >= 0.3 is 0 Å². The van der Waals surface area contributed by atoms with Crippen LogP contribution in [0.25, 0.3) is 0 Å². The number of hydrogen-bond acceptors (Lipinski definition) is 1. The van der Waals surface area contributed by atoms with Gasteiger partial charge in [0.25, 0.3) is 0 Å². The van der Waals surface area contributed by atoms with Crippen LogP contribution in [0.1, 0.15) is 47.6 Å². The lowest BCUT2D eigenvalue weighted by Crippen LogP contribution is -2.27. The smallest absolute Gasteiger partial charge is 0.228 e. The SMILES string of the molecule is CCc1c(F)cccc1NC(=O)[C@@H](C)[C@@H](c1ccc(C)cc1)c1cc(C)cc(F)c1. The maximum atomic E-state index is 14.2. The second-order valence-corrected chi connectivity index (χ2v) is 7.85. The molecule has 0 spiro atoms. The van der Waals surface area contributed by atoms with Crippen LogP contribution in [0.4, 0.5) is 14.5 Å². The molecule has 30 heavy (non-hydrogen) atoms. The zero-order valence-electron chi connectivity index (χ0n) is 17.8. The van der Waals surface area contributed by atoms with E-state index >= 15 is 0 Å².